The van der Waals surface area contributed by atoms with Gasteiger partial charge in [-0.3, -0.25) is 4.79 Å². The lowest BCUT2D eigenvalue weighted by Gasteiger charge is -2.06. The molecule has 0 spiro atoms. The highest BCUT2D eigenvalue weighted by Gasteiger charge is 2.11. The Kier molecular flexibility index (Phi) is 3.93. The molecule has 0 fully saturated rings. The lowest BCUT2D eigenvalue weighted by atomic mass is 10.2. The van der Waals surface area contributed by atoms with E-state index in [9.17, 15) is 9.18 Å². The smallest absolute Gasteiger partial charge is 0.257 e. The maximum atomic E-state index is 12.9. The van der Waals surface area contributed by atoms with E-state index in [1.807, 2.05) is 0 Å². The number of carbonyl (C=O) groups is 1. The van der Waals surface area contributed by atoms with Gasteiger partial charge in [0.25, 0.3) is 5.91 Å². The average Bonchev–Trinajstić information content (AvgIpc) is 2.32. The summed E-state index contributed by atoms with van der Waals surface area (Å²) in [5.74, 6) is -0.897. The minimum atomic E-state index is -0.484. The standard InChI is InChI=1S/C12H7BrClFN2O/c13-11-4-2-8(6-16-11)17-12(18)9-3-1-7(15)5-10(9)14/h1-6H,(H,17,18). The monoisotopic (exact) mass is 328 g/mol. The molecule has 1 aromatic carbocycles. The van der Waals surface area contributed by atoms with Crippen LogP contribution in [0.25, 0.3) is 0 Å². The molecule has 2 aromatic rings. The second-order valence-electron chi connectivity index (χ2n) is 3.45. The highest BCUT2D eigenvalue weighted by molar-refractivity contribution is 9.10. The molecule has 0 atom stereocenters. The van der Waals surface area contributed by atoms with Gasteiger partial charge in [0.2, 0.25) is 0 Å². The number of nitrogens with zero attached hydrogens (tertiary/aromatic N) is 1. The molecule has 0 aliphatic carbocycles. The molecule has 2 rings (SSSR count). The fourth-order valence-corrected chi connectivity index (χ4v) is 1.81. The van der Waals surface area contributed by atoms with E-state index < -0.39 is 11.7 Å². The van der Waals surface area contributed by atoms with E-state index in [0.717, 1.165) is 6.07 Å². The van der Waals surface area contributed by atoms with Gasteiger partial charge in [0.05, 0.1) is 22.5 Å². The summed E-state index contributed by atoms with van der Waals surface area (Å²) in [7, 11) is 0. The van der Waals surface area contributed by atoms with E-state index in [1.54, 1.807) is 12.1 Å². The molecule has 0 radical (unpaired) electrons. The van der Waals surface area contributed by atoms with Crippen molar-refractivity contribution in [2.24, 2.45) is 0 Å². The SMILES string of the molecule is O=C(Nc1ccc(Br)nc1)c1ccc(F)cc1Cl. The average molecular weight is 330 g/mol. The Morgan fingerprint density at radius 1 is 1.33 bits per heavy atom. The van der Waals surface area contributed by atoms with Crippen molar-refractivity contribution in [3.8, 4) is 0 Å². The fraction of sp³-hybridized carbons (Fsp3) is 0. The molecule has 0 aliphatic heterocycles. The van der Waals surface area contributed by atoms with E-state index in [2.05, 4.69) is 26.2 Å². The predicted molar refractivity (Wildman–Crippen MR) is 71.3 cm³/mol. The van der Waals surface area contributed by atoms with Crippen molar-refractivity contribution in [1.82, 2.24) is 4.98 Å². The number of nitrogens with one attached hydrogen (secondary N) is 1. The van der Waals surface area contributed by atoms with Crippen molar-refractivity contribution in [2.75, 3.05) is 5.32 Å². The van der Waals surface area contributed by atoms with E-state index >= 15 is 0 Å². The number of rotatable bonds is 2. The van der Waals surface area contributed by atoms with Crippen LogP contribution >= 0.6 is 27.5 Å². The summed E-state index contributed by atoms with van der Waals surface area (Å²) in [4.78, 5) is 15.8. The molecule has 18 heavy (non-hydrogen) atoms. The number of carbonyl (C=O) groups excluding carboxylic acids is 1. The van der Waals surface area contributed by atoms with Crippen LogP contribution in [0.5, 0.6) is 0 Å². The highest BCUT2D eigenvalue weighted by Crippen LogP contribution is 2.19. The second kappa shape index (κ2) is 5.46. The van der Waals surface area contributed by atoms with Gasteiger partial charge in [-0.25, -0.2) is 9.37 Å². The fourth-order valence-electron chi connectivity index (χ4n) is 1.32. The summed E-state index contributed by atoms with van der Waals surface area (Å²) in [6, 6.07) is 6.99. The molecule has 3 nitrogen and oxygen atoms in total. The third-order valence-corrected chi connectivity index (χ3v) is 2.94. The van der Waals surface area contributed by atoms with Gasteiger partial charge in [-0.1, -0.05) is 11.6 Å². The van der Waals surface area contributed by atoms with Gasteiger partial charge in [-0.15, -0.1) is 0 Å². The Labute approximate surface area is 116 Å². The van der Waals surface area contributed by atoms with E-state index in [4.69, 9.17) is 11.6 Å². The zero-order valence-electron chi connectivity index (χ0n) is 8.95. The summed E-state index contributed by atoms with van der Waals surface area (Å²) >= 11 is 8.98. The van der Waals surface area contributed by atoms with Gasteiger partial charge < -0.3 is 5.32 Å². The molecule has 1 aromatic heterocycles. The quantitative estimate of drug-likeness (QED) is 0.849. The van der Waals surface area contributed by atoms with Crippen LogP contribution in [0.1, 0.15) is 10.4 Å². The van der Waals surface area contributed by atoms with E-state index in [1.165, 1.54) is 18.3 Å². The van der Waals surface area contributed by atoms with Crippen molar-refractivity contribution in [3.63, 3.8) is 0 Å². The van der Waals surface area contributed by atoms with Crippen LogP contribution in [-0.2, 0) is 0 Å². The second-order valence-corrected chi connectivity index (χ2v) is 4.67. The number of anilines is 1. The molecule has 1 heterocycles. The molecule has 1 amide bonds. The Morgan fingerprint density at radius 3 is 2.72 bits per heavy atom. The van der Waals surface area contributed by atoms with Gasteiger partial charge in [0, 0.05) is 0 Å². The summed E-state index contributed by atoms with van der Waals surface area (Å²) in [6.07, 6.45) is 1.50. The molecule has 1 N–H and O–H groups in total. The number of aromatic nitrogens is 1. The number of halogens is 3. The third kappa shape index (κ3) is 3.05. The van der Waals surface area contributed by atoms with E-state index in [-0.39, 0.29) is 10.6 Å². The van der Waals surface area contributed by atoms with Crippen molar-refractivity contribution in [1.29, 1.82) is 0 Å². The van der Waals surface area contributed by atoms with Crippen molar-refractivity contribution >= 4 is 39.1 Å². The topological polar surface area (TPSA) is 42.0 Å². The molecule has 0 unspecified atom stereocenters. The normalized spacial score (nSPS) is 10.2. The van der Waals surface area contributed by atoms with Gasteiger partial charge in [0.1, 0.15) is 10.4 Å². The first-order valence-corrected chi connectivity index (χ1v) is 6.11. The Hall–Kier alpha value is -1.46. The Morgan fingerprint density at radius 2 is 2.11 bits per heavy atom. The van der Waals surface area contributed by atoms with Crippen LogP contribution in [-0.4, -0.2) is 10.9 Å². The number of hydrogen-bond acceptors (Lipinski definition) is 2. The van der Waals surface area contributed by atoms with Gasteiger partial charge in [-0.2, -0.15) is 0 Å². The number of hydrogen-bond donors (Lipinski definition) is 1. The molecular formula is C12H7BrClFN2O. The van der Waals surface area contributed by atoms with Gasteiger partial charge in [-0.05, 0) is 46.3 Å². The molecular weight excluding hydrogens is 322 g/mol. The van der Waals surface area contributed by atoms with Crippen LogP contribution in [0.15, 0.2) is 41.1 Å². The number of amides is 1. The summed E-state index contributed by atoms with van der Waals surface area (Å²) in [5, 5.41) is 2.68. The summed E-state index contributed by atoms with van der Waals surface area (Å²) in [5.41, 5.74) is 0.740. The zero-order valence-corrected chi connectivity index (χ0v) is 11.3. The minimum absolute atomic E-state index is 0.0672. The molecule has 0 aliphatic rings. The summed E-state index contributed by atoms with van der Waals surface area (Å²) in [6.45, 7) is 0. The maximum Gasteiger partial charge on any atom is 0.257 e. The Bertz CT molecular complexity index is 589. The largest absolute Gasteiger partial charge is 0.321 e. The molecule has 92 valence electrons. The number of pyridine rings is 1. The molecule has 0 saturated carbocycles. The van der Waals surface area contributed by atoms with Crippen molar-refractivity contribution < 1.29 is 9.18 Å². The lowest BCUT2D eigenvalue weighted by molar-refractivity contribution is 0.102. The van der Waals surface area contributed by atoms with Crippen LogP contribution < -0.4 is 5.32 Å². The first-order chi connectivity index (χ1) is 8.56. The third-order valence-electron chi connectivity index (χ3n) is 2.16. The van der Waals surface area contributed by atoms with Crippen LogP contribution in [0.2, 0.25) is 5.02 Å². The lowest BCUT2D eigenvalue weighted by Crippen LogP contribution is -2.12. The minimum Gasteiger partial charge on any atom is -0.321 e. The predicted octanol–water partition coefficient (Wildman–Crippen LogP) is 3.89. The molecule has 0 bridgehead atoms. The van der Waals surface area contributed by atoms with Gasteiger partial charge >= 0.3 is 0 Å². The summed E-state index contributed by atoms with van der Waals surface area (Å²) < 4.78 is 13.5. The van der Waals surface area contributed by atoms with Crippen LogP contribution in [0.4, 0.5) is 10.1 Å². The van der Waals surface area contributed by atoms with Crippen molar-refractivity contribution in [3.05, 3.63) is 57.5 Å². The van der Waals surface area contributed by atoms with Crippen molar-refractivity contribution in [2.45, 2.75) is 0 Å². The van der Waals surface area contributed by atoms with Crippen LogP contribution in [0, 0.1) is 5.82 Å². The van der Waals surface area contributed by atoms with E-state index in [0.29, 0.717) is 10.3 Å². The highest BCUT2D eigenvalue weighted by atomic mass is 79.9. The first-order valence-electron chi connectivity index (χ1n) is 4.94. The number of benzene rings is 1. The molecule has 0 saturated heterocycles. The zero-order chi connectivity index (χ0) is 13.1. The van der Waals surface area contributed by atoms with Gasteiger partial charge in [0.15, 0.2) is 0 Å². The Balaban J connectivity index is 2.19. The maximum absolute atomic E-state index is 12.9. The molecule has 6 heteroatoms. The first kappa shape index (κ1) is 13.0. The van der Waals surface area contributed by atoms with Crippen LogP contribution in [0.3, 0.4) is 0 Å².